The van der Waals surface area contributed by atoms with Gasteiger partial charge in [0.15, 0.2) is 0 Å². The summed E-state index contributed by atoms with van der Waals surface area (Å²) in [5, 5.41) is 10.7. The molecule has 0 atom stereocenters. The van der Waals surface area contributed by atoms with Crippen LogP contribution in [-0.4, -0.2) is 14.7 Å². The monoisotopic (exact) mass is 332 g/mol. The van der Waals surface area contributed by atoms with E-state index in [4.69, 9.17) is 23.2 Å². The first-order valence-electron chi connectivity index (χ1n) is 6.87. The minimum atomic E-state index is 0.253. The van der Waals surface area contributed by atoms with Gasteiger partial charge >= 0.3 is 0 Å². The van der Waals surface area contributed by atoms with E-state index >= 15 is 0 Å². The quantitative estimate of drug-likeness (QED) is 0.744. The minimum Gasteiger partial charge on any atom is -0.508 e. The fourth-order valence-corrected chi connectivity index (χ4v) is 2.84. The van der Waals surface area contributed by atoms with Crippen molar-refractivity contribution in [2.75, 3.05) is 0 Å². The van der Waals surface area contributed by atoms with Crippen LogP contribution in [0, 0.1) is 0 Å². The largest absolute Gasteiger partial charge is 0.508 e. The molecule has 0 aliphatic heterocycles. The zero-order valence-corrected chi connectivity index (χ0v) is 13.2. The molecule has 1 N–H and O–H groups in total. The average Bonchev–Trinajstić information content (AvgIpc) is 2.95. The number of hydrogen-bond acceptors (Lipinski definition) is 2. The second-order valence-electron chi connectivity index (χ2n) is 5.00. The zero-order chi connectivity index (χ0) is 15.5. The second-order valence-corrected chi connectivity index (χ2v) is 5.85. The SMILES string of the molecule is Oc1ccc(-c2cncn2CCc2ccc(Cl)cc2Cl)cc1. The standard InChI is InChI=1S/C17H14Cl2N2O/c18-14-4-1-12(16(19)9-14)7-8-21-11-20-10-17(21)13-2-5-15(22)6-3-13/h1-6,9-11,22H,7-8H2. The lowest BCUT2D eigenvalue weighted by atomic mass is 10.1. The van der Waals surface area contributed by atoms with Crippen molar-refractivity contribution >= 4 is 23.2 Å². The van der Waals surface area contributed by atoms with E-state index in [1.807, 2.05) is 30.5 Å². The molecule has 0 unspecified atom stereocenters. The van der Waals surface area contributed by atoms with Gasteiger partial charge in [0.05, 0.1) is 18.2 Å². The molecule has 3 nitrogen and oxygen atoms in total. The van der Waals surface area contributed by atoms with Crippen molar-refractivity contribution in [1.29, 1.82) is 0 Å². The van der Waals surface area contributed by atoms with Crippen LogP contribution in [0.3, 0.4) is 0 Å². The molecule has 0 fully saturated rings. The smallest absolute Gasteiger partial charge is 0.115 e. The molecule has 1 heterocycles. The predicted octanol–water partition coefficient (Wildman–Crippen LogP) is 4.81. The number of halogens is 2. The summed E-state index contributed by atoms with van der Waals surface area (Å²) in [7, 11) is 0. The number of phenolic OH excluding ortho intramolecular Hbond substituents is 1. The highest BCUT2D eigenvalue weighted by molar-refractivity contribution is 6.35. The molecule has 2 aromatic carbocycles. The predicted molar refractivity (Wildman–Crippen MR) is 89.5 cm³/mol. The summed E-state index contributed by atoms with van der Waals surface area (Å²) in [5.41, 5.74) is 3.07. The van der Waals surface area contributed by atoms with E-state index < -0.39 is 0 Å². The molecular formula is C17H14Cl2N2O. The fourth-order valence-electron chi connectivity index (χ4n) is 2.34. The molecule has 0 amide bonds. The molecule has 0 spiro atoms. The van der Waals surface area contributed by atoms with Crippen molar-refractivity contribution < 1.29 is 5.11 Å². The van der Waals surface area contributed by atoms with Crippen molar-refractivity contribution in [1.82, 2.24) is 9.55 Å². The van der Waals surface area contributed by atoms with Gasteiger partial charge in [-0.3, -0.25) is 0 Å². The molecule has 3 aromatic rings. The van der Waals surface area contributed by atoms with Crippen molar-refractivity contribution in [3.8, 4) is 17.0 Å². The maximum Gasteiger partial charge on any atom is 0.115 e. The van der Waals surface area contributed by atoms with Gasteiger partial charge in [-0.2, -0.15) is 0 Å². The molecule has 0 aliphatic carbocycles. The van der Waals surface area contributed by atoms with Crippen LogP contribution in [0.4, 0.5) is 0 Å². The van der Waals surface area contributed by atoms with Crippen LogP contribution in [0.25, 0.3) is 11.3 Å². The number of aromatic hydroxyl groups is 1. The summed E-state index contributed by atoms with van der Waals surface area (Å²) in [4.78, 5) is 4.22. The number of benzene rings is 2. The Labute approximate surface area is 138 Å². The summed E-state index contributed by atoms with van der Waals surface area (Å²) >= 11 is 12.1. The third-order valence-corrected chi connectivity index (χ3v) is 4.10. The first kappa shape index (κ1) is 14.9. The number of phenols is 1. The molecule has 0 radical (unpaired) electrons. The first-order chi connectivity index (χ1) is 10.6. The van der Waals surface area contributed by atoms with Crippen molar-refractivity contribution in [2.45, 2.75) is 13.0 Å². The number of rotatable bonds is 4. The zero-order valence-electron chi connectivity index (χ0n) is 11.7. The van der Waals surface area contributed by atoms with Crippen molar-refractivity contribution in [3.63, 3.8) is 0 Å². The lowest BCUT2D eigenvalue weighted by Crippen LogP contribution is -2.02. The third-order valence-electron chi connectivity index (χ3n) is 3.51. The van der Waals surface area contributed by atoms with Gasteiger partial charge in [0, 0.05) is 22.2 Å². The highest BCUT2D eigenvalue weighted by Crippen LogP contribution is 2.24. The molecule has 5 heteroatoms. The highest BCUT2D eigenvalue weighted by atomic mass is 35.5. The summed E-state index contributed by atoms with van der Waals surface area (Å²) < 4.78 is 2.07. The van der Waals surface area contributed by atoms with E-state index in [9.17, 15) is 5.11 Å². The molecule has 0 saturated carbocycles. The number of aryl methyl sites for hydroxylation is 2. The number of imidazole rings is 1. The van der Waals surface area contributed by atoms with Crippen LogP contribution >= 0.6 is 23.2 Å². The van der Waals surface area contributed by atoms with Gasteiger partial charge in [-0.05, 0) is 48.4 Å². The summed E-state index contributed by atoms with van der Waals surface area (Å²) in [5.74, 6) is 0.253. The molecule has 0 aliphatic rings. The topological polar surface area (TPSA) is 38.1 Å². The van der Waals surface area contributed by atoms with Crippen molar-refractivity contribution in [2.24, 2.45) is 0 Å². The fraction of sp³-hybridized carbons (Fsp3) is 0.118. The Hall–Kier alpha value is -1.97. The Morgan fingerprint density at radius 2 is 1.82 bits per heavy atom. The Kier molecular flexibility index (Phi) is 4.36. The van der Waals surface area contributed by atoms with E-state index in [-0.39, 0.29) is 5.75 Å². The van der Waals surface area contributed by atoms with E-state index in [0.717, 1.165) is 29.8 Å². The summed E-state index contributed by atoms with van der Waals surface area (Å²) in [6, 6.07) is 12.6. The van der Waals surface area contributed by atoms with Gasteiger partial charge in [0.2, 0.25) is 0 Å². The van der Waals surface area contributed by atoms with Gasteiger partial charge in [-0.1, -0.05) is 29.3 Å². The lowest BCUT2D eigenvalue weighted by Gasteiger charge is -2.10. The van der Waals surface area contributed by atoms with E-state index in [1.54, 1.807) is 24.5 Å². The normalized spacial score (nSPS) is 10.8. The number of aromatic nitrogens is 2. The maximum atomic E-state index is 9.38. The first-order valence-corrected chi connectivity index (χ1v) is 7.62. The van der Waals surface area contributed by atoms with Crippen LogP contribution < -0.4 is 0 Å². The van der Waals surface area contributed by atoms with Gasteiger partial charge in [-0.25, -0.2) is 4.98 Å². The Morgan fingerprint density at radius 3 is 2.55 bits per heavy atom. The van der Waals surface area contributed by atoms with E-state index in [1.165, 1.54) is 0 Å². The highest BCUT2D eigenvalue weighted by Gasteiger charge is 2.07. The van der Waals surface area contributed by atoms with Gasteiger partial charge in [0.1, 0.15) is 5.75 Å². The number of hydrogen-bond donors (Lipinski definition) is 1. The molecule has 0 bridgehead atoms. The third kappa shape index (κ3) is 3.26. The van der Waals surface area contributed by atoms with E-state index in [2.05, 4.69) is 9.55 Å². The maximum absolute atomic E-state index is 9.38. The molecule has 1 aromatic heterocycles. The molecule has 0 saturated heterocycles. The van der Waals surface area contributed by atoms with Gasteiger partial charge in [-0.15, -0.1) is 0 Å². The second kappa shape index (κ2) is 6.42. The molecule has 3 rings (SSSR count). The van der Waals surface area contributed by atoms with Crippen LogP contribution in [0.1, 0.15) is 5.56 Å². The van der Waals surface area contributed by atoms with Crippen LogP contribution in [0.2, 0.25) is 10.0 Å². The van der Waals surface area contributed by atoms with Crippen LogP contribution in [-0.2, 0) is 13.0 Å². The average molecular weight is 333 g/mol. The summed E-state index contributed by atoms with van der Waals surface area (Å²) in [6.07, 6.45) is 4.40. The Balaban J connectivity index is 1.79. The van der Waals surface area contributed by atoms with Crippen LogP contribution in [0.5, 0.6) is 5.75 Å². The molecular weight excluding hydrogens is 319 g/mol. The lowest BCUT2D eigenvalue weighted by molar-refractivity contribution is 0.475. The van der Waals surface area contributed by atoms with Gasteiger partial charge in [0.25, 0.3) is 0 Å². The minimum absolute atomic E-state index is 0.253. The Bertz CT molecular complexity index is 782. The molecule has 22 heavy (non-hydrogen) atoms. The molecule has 112 valence electrons. The number of nitrogens with zero attached hydrogens (tertiary/aromatic N) is 2. The van der Waals surface area contributed by atoms with E-state index in [0.29, 0.717) is 10.0 Å². The van der Waals surface area contributed by atoms with Gasteiger partial charge < -0.3 is 9.67 Å². The van der Waals surface area contributed by atoms with Crippen molar-refractivity contribution in [3.05, 3.63) is 70.6 Å². The summed E-state index contributed by atoms with van der Waals surface area (Å²) in [6.45, 7) is 0.761. The Morgan fingerprint density at radius 1 is 1.05 bits per heavy atom. The van der Waals surface area contributed by atoms with Crippen LogP contribution in [0.15, 0.2) is 55.0 Å².